The van der Waals surface area contributed by atoms with Gasteiger partial charge in [-0.15, -0.1) is 0 Å². The molecule has 1 saturated carbocycles. The smallest absolute Gasteiger partial charge is 0.323 e. The molecule has 3 N–H and O–H groups in total. The summed E-state index contributed by atoms with van der Waals surface area (Å²) in [7, 11) is 0. The predicted octanol–water partition coefficient (Wildman–Crippen LogP) is 0.942. The molecule has 108 valence electrons. The Morgan fingerprint density at radius 2 is 1.90 bits per heavy atom. The van der Waals surface area contributed by atoms with E-state index in [-0.39, 0.29) is 12.5 Å². The van der Waals surface area contributed by atoms with Gasteiger partial charge < -0.3 is 10.4 Å². The second kappa shape index (κ2) is 6.52. The van der Waals surface area contributed by atoms with Crippen molar-refractivity contribution in [2.75, 3.05) is 13.1 Å². The largest absolute Gasteiger partial charge is 0.480 e. The molecule has 0 radical (unpaired) electrons. The van der Waals surface area contributed by atoms with Crippen LogP contribution < -0.4 is 10.6 Å². The molecule has 1 aliphatic carbocycles. The number of amides is 1. The van der Waals surface area contributed by atoms with Gasteiger partial charge in [0.25, 0.3) is 0 Å². The van der Waals surface area contributed by atoms with Gasteiger partial charge in [-0.05, 0) is 31.2 Å². The lowest BCUT2D eigenvalue weighted by Gasteiger charge is -2.38. The molecule has 1 aromatic rings. The molecule has 20 heavy (non-hydrogen) atoms. The van der Waals surface area contributed by atoms with Crippen molar-refractivity contribution in [2.24, 2.45) is 0 Å². The normalized spacial score (nSPS) is 16.2. The number of hydrogen-bond acceptors (Lipinski definition) is 3. The number of benzene rings is 1. The summed E-state index contributed by atoms with van der Waals surface area (Å²) in [6, 6.07) is 9.91. The van der Waals surface area contributed by atoms with Crippen LogP contribution in [0.15, 0.2) is 30.3 Å². The first-order valence-electron chi connectivity index (χ1n) is 6.91. The zero-order chi connectivity index (χ0) is 14.4. The Labute approximate surface area is 118 Å². The molecule has 1 aliphatic rings. The van der Waals surface area contributed by atoms with Crippen molar-refractivity contribution in [2.45, 2.75) is 31.2 Å². The number of hydrogen-bond donors (Lipinski definition) is 3. The summed E-state index contributed by atoms with van der Waals surface area (Å²) in [5.41, 5.74) is 0.290. The highest BCUT2D eigenvalue weighted by Crippen LogP contribution is 2.31. The molecule has 0 aliphatic heterocycles. The van der Waals surface area contributed by atoms with Gasteiger partial charge in [0.15, 0.2) is 0 Å². The second-order valence-corrected chi connectivity index (χ2v) is 5.18. The van der Waals surface area contributed by atoms with Crippen molar-refractivity contribution in [1.82, 2.24) is 10.6 Å². The lowest BCUT2D eigenvalue weighted by atomic mass is 9.77. The summed E-state index contributed by atoms with van der Waals surface area (Å²) >= 11 is 0. The number of carboxylic acid groups (broad SMARTS) is 1. The second-order valence-electron chi connectivity index (χ2n) is 5.18. The average Bonchev–Trinajstić information content (AvgIpc) is 2.38. The van der Waals surface area contributed by atoms with Crippen LogP contribution in [0, 0.1) is 0 Å². The number of rotatable bonds is 7. The summed E-state index contributed by atoms with van der Waals surface area (Å²) in [6.07, 6.45) is 2.87. The Morgan fingerprint density at radius 1 is 1.20 bits per heavy atom. The molecule has 0 saturated heterocycles. The molecule has 0 bridgehead atoms. The number of aliphatic carboxylic acids is 1. The lowest BCUT2D eigenvalue weighted by molar-refractivity contribution is -0.148. The maximum atomic E-state index is 11.7. The van der Waals surface area contributed by atoms with Crippen LogP contribution in [-0.2, 0) is 16.0 Å². The third kappa shape index (κ3) is 3.57. The molecule has 5 nitrogen and oxygen atoms in total. The Kier molecular flexibility index (Phi) is 4.74. The summed E-state index contributed by atoms with van der Waals surface area (Å²) in [5, 5.41) is 14.8. The van der Waals surface area contributed by atoms with Crippen LogP contribution in [0.3, 0.4) is 0 Å². The van der Waals surface area contributed by atoms with E-state index in [1.165, 1.54) is 5.56 Å². The Morgan fingerprint density at radius 3 is 2.45 bits per heavy atom. The topological polar surface area (TPSA) is 78.4 Å². The van der Waals surface area contributed by atoms with Gasteiger partial charge in [0.05, 0.1) is 6.54 Å². The Hall–Kier alpha value is -1.88. The van der Waals surface area contributed by atoms with Gasteiger partial charge in [-0.25, -0.2) is 0 Å². The highest BCUT2D eigenvalue weighted by Gasteiger charge is 2.44. The minimum Gasteiger partial charge on any atom is -0.480 e. The summed E-state index contributed by atoms with van der Waals surface area (Å²) in [6.45, 7) is 0.617. The molecule has 0 heterocycles. The molecule has 1 fully saturated rings. The fourth-order valence-corrected chi connectivity index (χ4v) is 2.30. The number of carboxylic acids is 1. The van der Waals surface area contributed by atoms with Crippen LogP contribution in [0.2, 0.25) is 0 Å². The first-order valence-corrected chi connectivity index (χ1v) is 6.91. The molecular formula is C15H20N2O3. The standard InChI is InChI=1S/C15H20N2O3/c18-13(11-17-15(14(19)20)8-4-9-15)16-10-7-12-5-2-1-3-6-12/h1-3,5-6,17H,4,7-11H2,(H,16,18)(H,19,20). The molecule has 0 aromatic heterocycles. The molecule has 0 spiro atoms. The lowest BCUT2D eigenvalue weighted by Crippen LogP contribution is -2.59. The number of nitrogens with one attached hydrogen (secondary N) is 2. The third-order valence-corrected chi connectivity index (χ3v) is 3.78. The van der Waals surface area contributed by atoms with Crippen LogP contribution >= 0.6 is 0 Å². The maximum absolute atomic E-state index is 11.7. The van der Waals surface area contributed by atoms with Gasteiger partial charge in [-0.3, -0.25) is 14.9 Å². The van der Waals surface area contributed by atoms with Crippen molar-refractivity contribution in [3.8, 4) is 0 Å². The van der Waals surface area contributed by atoms with Crippen LogP contribution in [0.1, 0.15) is 24.8 Å². The monoisotopic (exact) mass is 276 g/mol. The highest BCUT2D eigenvalue weighted by atomic mass is 16.4. The summed E-state index contributed by atoms with van der Waals surface area (Å²) in [5.74, 6) is -1.02. The van der Waals surface area contributed by atoms with Crippen LogP contribution in [0.4, 0.5) is 0 Å². The molecule has 1 amide bonds. The first-order chi connectivity index (χ1) is 9.62. The highest BCUT2D eigenvalue weighted by molar-refractivity contribution is 5.82. The van der Waals surface area contributed by atoms with Crippen molar-refractivity contribution in [3.63, 3.8) is 0 Å². The predicted molar refractivity (Wildman–Crippen MR) is 75.4 cm³/mol. The SMILES string of the molecule is O=C(CNC1(C(=O)O)CCC1)NCCc1ccccc1. The van der Waals surface area contributed by atoms with E-state index in [1.807, 2.05) is 30.3 Å². The van der Waals surface area contributed by atoms with Crippen LogP contribution in [0.5, 0.6) is 0 Å². The first kappa shape index (κ1) is 14.5. The molecule has 2 rings (SSSR count). The van der Waals surface area contributed by atoms with Crippen LogP contribution in [0.25, 0.3) is 0 Å². The third-order valence-electron chi connectivity index (χ3n) is 3.78. The number of carbonyl (C=O) groups is 2. The maximum Gasteiger partial charge on any atom is 0.323 e. The van der Waals surface area contributed by atoms with Crippen molar-refractivity contribution >= 4 is 11.9 Å². The van der Waals surface area contributed by atoms with Gasteiger partial charge in [0.2, 0.25) is 5.91 Å². The van der Waals surface area contributed by atoms with E-state index in [1.54, 1.807) is 0 Å². The average molecular weight is 276 g/mol. The van der Waals surface area contributed by atoms with Gasteiger partial charge in [-0.1, -0.05) is 30.3 Å². The fourth-order valence-electron chi connectivity index (χ4n) is 2.30. The van der Waals surface area contributed by atoms with Crippen LogP contribution in [-0.4, -0.2) is 35.6 Å². The minimum atomic E-state index is -0.878. The van der Waals surface area contributed by atoms with Gasteiger partial charge in [-0.2, -0.15) is 0 Å². The van der Waals surface area contributed by atoms with E-state index in [0.29, 0.717) is 19.4 Å². The Balaban J connectivity index is 1.67. The minimum absolute atomic E-state index is 0.0566. The molecule has 0 atom stereocenters. The molecular weight excluding hydrogens is 256 g/mol. The zero-order valence-electron chi connectivity index (χ0n) is 11.4. The van der Waals surface area contributed by atoms with E-state index < -0.39 is 11.5 Å². The molecule has 1 aromatic carbocycles. The van der Waals surface area contributed by atoms with E-state index in [0.717, 1.165) is 12.8 Å². The zero-order valence-corrected chi connectivity index (χ0v) is 11.4. The van der Waals surface area contributed by atoms with Gasteiger partial charge in [0, 0.05) is 6.54 Å². The van der Waals surface area contributed by atoms with E-state index >= 15 is 0 Å². The van der Waals surface area contributed by atoms with Gasteiger partial charge >= 0.3 is 5.97 Å². The molecule has 5 heteroatoms. The van der Waals surface area contributed by atoms with E-state index in [2.05, 4.69) is 10.6 Å². The Bertz CT molecular complexity index is 469. The summed E-state index contributed by atoms with van der Waals surface area (Å²) in [4.78, 5) is 22.8. The summed E-state index contributed by atoms with van der Waals surface area (Å²) < 4.78 is 0. The van der Waals surface area contributed by atoms with Crippen molar-refractivity contribution in [1.29, 1.82) is 0 Å². The quantitative estimate of drug-likeness (QED) is 0.692. The number of carbonyl (C=O) groups excluding carboxylic acids is 1. The van der Waals surface area contributed by atoms with E-state index in [4.69, 9.17) is 5.11 Å². The van der Waals surface area contributed by atoms with Crippen molar-refractivity contribution < 1.29 is 14.7 Å². The van der Waals surface area contributed by atoms with E-state index in [9.17, 15) is 9.59 Å². The van der Waals surface area contributed by atoms with Gasteiger partial charge in [0.1, 0.15) is 5.54 Å². The fraction of sp³-hybridized carbons (Fsp3) is 0.467. The van der Waals surface area contributed by atoms with Crippen molar-refractivity contribution in [3.05, 3.63) is 35.9 Å². The molecule has 0 unspecified atom stereocenters.